The third kappa shape index (κ3) is 6.08. The van der Waals surface area contributed by atoms with Crippen molar-refractivity contribution in [1.82, 2.24) is 25.3 Å². The molecular formula is C28H34IN5O2. The van der Waals surface area contributed by atoms with E-state index in [0.717, 1.165) is 39.2 Å². The lowest BCUT2D eigenvalue weighted by atomic mass is 9.86. The van der Waals surface area contributed by atoms with Crippen LogP contribution in [0.2, 0.25) is 0 Å². The molecule has 0 aliphatic heterocycles. The molecule has 0 bridgehead atoms. The van der Waals surface area contributed by atoms with Gasteiger partial charge in [-0.05, 0) is 61.9 Å². The fraction of sp³-hybridized carbons (Fsp3) is 0.393. The molecule has 8 heteroatoms. The molecule has 36 heavy (non-hydrogen) atoms. The summed E-state index contributed by atoms with van der Waals surface area (Å²) >= 11 is 2.35. The molecule has 0 aliphatic carbocycles. The Morgan fingerprint density at radius 3 is 2.17 bits per heavy atom. The third-order valence-corrected chi connectivity index (χ3v) is 6.39. The monoisotopic (exact) mass is 599 g/mol. The molecule has 0 fully saturated rings. The van der Waals surface area contributed by atoms with Crippen LogP contribution in [0, 0.1) is 5.41 Å². The number of carbonyl (C=O) groups excluding carboxylic acids is 1. The molecule has 2 heterocycles. The fourth-order valence-electron chi connectivity index (χ4n) is 3.99. The van der Waals surface area contributed by atoms with Crippen molar-refractivity contribution < 1.29 is 9.53 Å². The number of aromatic nitrogens is 4. The number of H-pyrrole nitrogens is 2. The maximum atomic E-state index is 12.5. The number of rotatable bonds is 5. The maximum Gasteiger partial charge on any atom is 0.408 e. The lowest BCUT2D eigenvalue weighted by Crippen LogP contribution is -2.40. The van der Waals surface area contributed by atoms with Crippen LogP contribution in [-0.2, 0) is 4.74 Å². The molecule has 2 aromatic carbocycles. The minimum absolute atomic E-state index is 0.273. The quantitative estimate of drug-likeness (QED) is 0.162. The molecular weight excluding hydrogens is 565 g/mol. The molecule has 0 aliphatic rings. The molecule has 4 aromatic rings. The summed E-state index contributed by atoms with van der Waals surface area (Å²) in [6.07, 6.45) is 1.43. The Morgan fingerprint density at radius 1 is 0.944 bits per heavy atom. The first-order valence-electron chi connectivity index (χ1n) is 12.1. The first-order valence-corrected chi connectivity index (χ1v) is 13.3. The molecule has 3 N–H and O–H groups in total. The minimum Gasteiger partial charge on any atom is -0.444 e. The zero-order valence-corrected chi connectivity index (χ0v) is 24.0. The molecule has 7 nitrogen and oxygen atoms in total. The highest BCUT2D eigenvalue weighted by Gasteiger charge is 2.32. The van der Waals surface area contributed by atoms with E-state index < -0.39 is 11.7 Å². The van der Waals surface area contributed by atoms with Gasteiger partial charge in [0.25, 0.3) is 0 Å². The Bertz CT molecular complexity index is 1360. The van der Waals surface area contributed by atoms with E-state index in [-0.39, 0.29) is 11.5 Å². The topological polar surface area (TPSA) is 95.7 Å². The number of alkyl halides is 1. The molecule has 190 valence electrons. The van der Waals surface area contributed by atoms with Crippen LogP contribution in [0.1, 0.15) is 70.1 Å². The number of carbonyl (C=O) groups is 1. The first-order chi connectivity index (χ1) is 16.8. The number of nitrogens with zero attached hydrogens (tertiary/aromatic N) is 2. The summed E-state index contributed by atoms with van der Waals surface area (Å²) in [5.74, 6) is 1.68. The third-order valence-electron chi connectivity index (χ3n) is 5.80. The van der Waals surface area contributed by atoms with Gasteiger partial charge in [-0.15, -0.1) is 0 Å². The number of hydrogen-bond acceptors (Lipinski definition) is 4. The van der Waals surface area contributed by atoms with Crippen molar-refractivity contribution in [1.29, 1.82) is 0 Å². The second-order valence-corrected chi connectivity index (χ2v) is 13.0. The Labute approximate surface area is 226 Å². The summed E-state index contributed by atoms with van der Waals surface area (Å²) in [7, 11) is 0. The predicted molar refractivity (Wildman–Crippen MR) is 153 cm³/mol. The van der Waals surface area contributed by atoms with Gasteiger partial charge in [0.2, 0.25) is 0 Å². The number of alkyl carbamates (subject to hydrolysis) is 1. The van der Waals surface area contributed by atoms with E-state index in [4.69, 9.17) is 9.72 Å². The van der Waals surface area contributed by atoms with E-state index in [9.17, 15) is 4.79 Å². The van der Waals surface area contributed by atoms with Crippen LogP contribution >= 0.6 is 22.6 Å². The number of benzene rings is 2. The normalized spacial score (nSPS) is 14.0. The lowest BCUT2D eigenvalue weighted by molar-refractivity contribution is 0.0458. The number of halogens is 1. The Hall–Kier alpha value is -2.88. The average Bonchev–Trinajstić information content (AvgIpc) is 3.42. The van der Waals surface area contributed by atoms with Gasteiger partial charge in [0, 0.05) is 0 Å². The van der Waals surface area contributed by atoms with Crippen LogP contribution in [-0.4, -0.2) is 31.6 Å². The van der Waals surface area contributed by atoms with E-state index >= 15 is 0 Å². The van der Waals surface area contributed by atoms with E-state index in [1.54, 1.807) is 0 Å². The number of aromatic amines is 2. The van der Waals surface area contributed by atoms with Gasteiger partial charge in [0.05, 0.1) is 32.9 Å². The van der Waals surface area contributed by atoms with E-state index in [1.165, 1.54) is 0 Å². The van der Waals surface area contributed by atoms with Crippen molar-refractivity contribution in [3.63, 3.8) is 0 Å². The summed E-state index contributed by atoms with van der Waals surface area (Å²) in [5.41, 5.74) is 5.23. The molecule has 0 radical (unpaired) electrons. The second kappa shape index (κ2) is 9.88. The Balaban J connectivity index is 1.59. The van der Waals surface area contributed by atoms with Gasteiger partial charge in [-0.25, -0.2) is 14.8 Å². The molecule has 1 amide bonds. The minimum atomic E-state index is -0.571. The lowest BCUT2D eigenvalue weighted by Gasteiger charge is -2.31. The average molecular weight is 600 g/mol. The van der Waals surface area contributed by atoms with Gasteiger partial charge in [-0.3, -0.25) is 0 Å². The Kier molecular flexibility index (Phi) is 7.19. The van der Waals surface area contributed by atoms with E-state index in [1.807, 2.05) is 33.0 Å². The number of ether oxygens (including phenoxy) is 1. The van der Waals surface area contributed by atoms with Gasteiger partial charge in [-0.1, -0.05) is 73.7 Å². The summed E-state index contributed by atoms with van der Waals surface area (Å²) in [6.45, 7) is 13.9. The summed E-state index contributed by atoms with van der Waals surface area (Å²) in [4.78, 5) is 28.6. The molecule has 4 rings (SSSR count). The molecule has 2 atom stereocenters. The zero-order valence-electron chi connectivity index (χ0n) is 21.9. The van der Waals surface area contributed by atoms with Gasteiger partial charge >= 0.3 is 6.09 Å². The summed E-state index contributed by atoms with van der Waals surface area (Å²) in [5, 5.41) is 3.00. The Morgan fingerprint density at radius 2 is 1.58 bits per heavy atom. The van der Waals surface area contributed by atoms with Crippen LogP contribution in [0.15, 0.2) is 48.7 Å². The van der Waals surface area contributed by atoms with E-state index in [0.29, 0.717) is 9.75 Å². The molecule has 0 unspecified atom stereocenters. The highest BCUT2D eigenvalue weighted by molar-refractivity contribution is 14.1. The fourth-order valence-corrected chi connectivity index (χ4v) is 4.31. The summed E-state index contributed by atoms with van der Waals surface area (Å²) < 4.78 is 5.82. The highest BCUT2D eigenvalue weighted by atomic mass is 127. The van der Waals surface area contributed by atoms with Crippen molar-refractivity contribution in [2.24, 2.45) is 5.41 Å². The second-order valence-electron chi connectivity index (χ2n) is 11.2. The molecule has 0 spiro atoms. The van der Waals surface area contributed by atoms with Crippen LogP contribution < -0.4 is 5.32 Å². The van der Waals surface area contributed by atoms with Crippen molar-refractivity contribution in [3.05, 3.63) is 60.3 Å². The number of fused-ring (bicyclic) bond motifs is 1. The van der Waals surface area contributed by atoms with Crippen LogP contribution in [0.4, 0.5) is 4.79 Å². The maximum absolute atomic E-state index is 12.5. The van der Waals surface area contributed by atoms with Crippen molar-refractivity contribution >= 4 is 39.7 Å². The first kappa shape index (κ1) is 26.2. The molecule has 2 aromatic heterocycles. The highest BCUT2D eigenvalue weighted by Crippen LogP contribution is 2.34. The number of imidazole rings is 2. The molecule has 0 saturated heterocycles. The standard InChI is InChI=1S/C28H34IN5O2/c1-16(29)24-30-15-22(33-24)18-10-8-17(9-11-18)19-12-13-20-21(14-19)32-25(31-20)23(27(2,3)4)34-26(35)36-28(5,6)7/h8-16,23H,1-7H3,(H,30,33)(H,31,32)(H,34,35)/t16-,23+/m0/s1. The number of hydrogen-bond donors (Lipinski definition) is 3. The van der Waals surface area contributed by atoms with Crippen LogP contribution in [0.5, 0.6) is 0 Å². The van der Waals surface area contributed by atoms with Gasteiger partial charge < -0.3 is 20.0 Å². The van der Waals surface area contributed by atoms with Crippen molar-refractivity contribution in [2.45, 2.75) is 64.0 Å². The van der Waals surface area contributed by atoms with Gasteiger partial charge in [0.1, 0.15) is 17.2 Å². The van der Waals surface area contributed by atoms with Gasteiger partial charge in [0.15, 0.2) is 0 Å². The van der Waals surface area contributed by atoms with Gasteiger partial charge in [-0.2, -0.15) is 0 Å². The zero-order chi connectivity index (χ0) is 26.3. The summed E-state index contributed by atoms with van der Waals surface area (Å²) in [6, 6.07) is 14.3. The molecule has 0 saturated carbocycles. The van der Waals surface area contributed by atoms with Crippen molar-refractivity contribution in [3.8, 4) is 22.4 Å². The smallest absolute Gasteiger partial charge is 0.408 e. The van der Waals surface area contributed by atoms with Crippen molar-refractivity contribution in [2.75, 3.05) is 0 Å². The SMILES string of the molecule is C[C@H](I)c1ncc(-c2ccc(-c3ccc4nc([C@@H](NC(=O)OC(C)(C)C)C(C)(C)C)[nH]c4c3)cc2)[nH]1. The number of nitrogens with one attached hydrogen (secondary N) is 3. The van der Waals surface area contributed by atoms with Crippen LogP contribution in [0.3, 0.4) is 0 Å². The largest absolute Gasteiger partial charge is 0.444 e. The van der Waals surface area contributed by atoms with E-state index in [2.05, 4.69) is 107 Å². The number of amides is 1. The predicted octanol–water partition coefficient (Wildman–Crippen LogP) is 7.73. The van der Waals surface area contributed by atoms with Crippen LogP contribution in [0.25, 0.3) is 33.4 Å².